The highest BCUT2D eigenvalue weighted by atomic mass is 16.2. The number of hydrogen-bond acceptors (Lipinski definition) is 5. The van der Waals surface area contributed by atoms with Crippen LogP contribution in [0.15, 0.2) is 6.20 Å². The topological polar surface area (TPSA) is 70.2 Å². The van der Waals surface area contributed by atoms with Crippen molar-refractivity contribution in [2.24, 2.45) is 0 Å². The molecule has 0 aliphatic carbocycles. The number of nitrogens with zero attached hydrogens (tertiary/aromatic N) is 3. The van der Waals surface area contributed by atoms with Gasteiger partial charge in [0.05, 0.1) is 6.54 Å². The first-order valence-electron chi connectivity index (χ1n) is 7.21. The third-order valence-corrected chi connectivity index (χ3v) is 3.03. The van der Waals surface area contributed by atoms with Crippen molar-refractivity contribution in [1.82, 2.24) is 14.9 Å². The van der Waals surface area contributed by atoms with Crippen molar-refractivity contribution < 1.29 is 4.79 Å². The van der Waals surface area contributed by atoms with E-state index in [2.05, 4.69) is 27.5 Å². The van der Waals surface area contributed by atoms with Crippen molar-refractivity contribution in [3.05, 3.63) is 11.8 Å². The Morgan fingerprint density at radius 1 is 1.25 bits per heavy atom. The van der Waals surface area contributed by atoms with Crippen molar-refractivity contribution in [2.75, 3.05) is 36.8 Å². The van der Waals surface area contributed by atoms with E-state index >= 15 is 0 Å². The molecular formula is C14H25N5O. The molecule has 6 heteroatoms. The molecule has 0 aromatic carbocycles. The molecule has 0 radical (unpaired) electrons. The van der Waals surface area contributed by atoms with E-state index in [1.807, 2.05) is 20.8 Å². The molecule has 0 bridgehead atoms. The van der Waals surface area contributed by atoms with Crippen molar-refractivity contribution >= 4 is 17.7 Å². The Morgan fingerprint density at radius 2 is 1.95 bits per heavy atom. The molecule has 0 aliphatic rings. The predicted octanol–water partition coefficient (Wildman–Crippen LogP) is 1.89. The molecule has 1 heterocycles. The lowest BCUT2D eigenvalue weighted by atomic mass is 10.3. The van der Waals surface area contributed by atoms with Crippen molar-refractivity contribution in [3.8, 4) is 0 Å². The van der Waals surface area contributed by atoms with Gasteiger partial charge in [-0.25, -0.2) is 4.98 Å². The molecule has 0 atom stereocenters. The SMILES string of the molecule is CCCNc1ncc(C)c(NCC(=O)N(CC)CC)n1. The fourth-order valence-corrected chi connectivity index (χ4v) is 1.79. The highest BCUT2D eigenvalue weighted by Gasteiger charge is 2.10. The Morgan fingerprint density at radius 3 is 2.55 bits per heavy atom. The quantitative estimate of drug-likeness (QED) is 0.760. The van der Waals surface area contributed by atoms with Crippen LogP contribution in [0.5, 0.6) is 0 Å². The van der Waals surface area contributed by atoms with Gasteiger partial charge in [-0.15, -0.1) is 0 Å². The minimum absolute atomic E-state index is 0.0797. The first kappa shape index (κ1) is 16.2. The Bertz CT molecular complexity index is 432. The average Bonchev–Trinajstić information content (AvgIpc) is 2.46. The molecule has 0 spiro atoms. The maximum Gasteiger partial charge on any atom is 0.241 e. The lowest BCUT2D eigenvalue weighted by molar-refractivity contribution is -0.128. The second-order valence-corrected chi connectivity index (χ2v) is 4.57. The van der Waals surface area contributed by atoms with E-state index in [4.69, 9.17) is 0 Å². The Hall–Kier alpha value is -1.85. The van der Waals surface area contributed by atoms with Gasteiger partial charge in [-0.05, 0) is 27.2 Å². The molecule has 0 saturated carbocycles. The highest BCUT2D eigenvalue weighted by Crippen LogP contribution is 2.12. The molecule has 6 nitrogen and oxygen atoms in total. The van der Waals surface area contributed by atoms with Gasteiger partial charge in [-0.1, -0.05) is 6.92 Å². The molecule has 1 amide bonds. The van der Waals surface area contributed by atoms with E-state index in [0.29, 0.717) is 11.8 Å². The molecule has 2 N–H and O–H groups in total. The van der Waals surface area contributed by atoms with Gasteiger partial charge in [0.1, 0.15) is 5.82 Å². The van der Waals surface area contributed by atoms with Crippen LogP contribution in [0, 0.1) is 6.92 Å². The van der Waals surface area contributed by atoms with E-state index in [9.17, 15) is 4.79 Å². The van der Waals surface area contributed by atoms with E-state index in [1.165, 1.54) is 0 Å². The van der Waals surface area contributed by atoms with Gasteiger partial charge in [0.15, 0.2) is 0 Å². The number of likely N-dealkylation sites (N-methyl/N-ethyl adjacent to an activating group) is 1. The van der Waals surface area contributed by atoms with Gasteiger partial charge < -0.3 is 15.5 Å². The normalized spacial score (nSPS) is 10.2. The second-order valence-electron chi connectivity index (χ2n) is 4.57. The van der Waals surface area contributed by atoms with Gasteiger partial charge in [0.25, 0.3) is 0 Å². The molecule has 0 aliphatic heterocycles. The highest BCUT2D eigenvalue weighted by molar-refractivity contribution is 5.80. The predicted molar refractivity (Wildman–Crippen MR) is 82.0 cm³/mol. The summed E-state index contributed by atoms with van der Waals surface area (Å²) < 4.78 is 0. The number of amides is 1. The Kier molecular flexibility index (Phi) is 6.76. The van der Waals surface area contributed by atoms with Gasteiger partial charge in [0, 0.05) is 31.4 Å². The number of aromatic nitrogens is 2. The number of nitrogens with one attached hydrogen (secondary N) is 2. The van der Waals surface area contributed by atoms with E-state index in [1.54, 1.807) is 11.1 Å². The van der Waals surface area contributed by atoms with Crippen LogP contribution < -0.4 is 10.6 Å². The molecule has 112 valence electrons. The summed E-state index contributed by atoms with van der Waals surface area (Å²) in [5, 5.41) is 6.23. The van der Waals surface area contributed by atoms with Crippen LogP contribution in [0.1, 0.15) is 32.8 Å². The zero-order valence-corrected chi connectivity index (χ0v) is 12.9. The summed E-state index contributed by atoms with van der Waals surface area (Å²) in [6.45, 7) is 10.5. The fraction of sp³-hybridized carbons (Fsp3) is 0.643. The van der Waals surface area contributed by atoms with Crippen LogP contribution in [0.25, 0.3) is 0 Å². The lowest BCUT2D eigenvalue weighted by Crippen LogP contribution is -2.35. The van der Waals surface area contributed by atoms with Gasteiger partial charge >= 0.3 is 0 Å². The van der Waals surface area contributed by atoms with Gasteiger partial charge in [-0.2, -0.15) is 4.98 Å². The monoisotopic (exact) mass is 279 g/mol. The number of hydrogen-bond donors (Lipinski definition) is 2. The summed E-state index contributed by atoms with van der Waals surface area (Å²) in [6.07, 6.45) is 2.77. The lowest BCUT2D eigenvalue weighted by Gasteiger charge is -2.19. The summed E-state index contributed by atoms with van der Waals surface area (Å²) in [6, 6.07) is 0. The van der Waals surface area contributed by atoms with Crippen LogP contribution in [0.2, 0.25) is 0 Å². The van der Waals surface area contributed by atoms with E-state index < -0.39 is 0 Å². The molecule has 0 saturated heterocycles. The van der Waals surface area contributed by atoms with Crippen LogP contribution in [-0.2, 0) is 4.79 Å². The minimum atomic E-state index is 0.0797. The molecule has 1 rings (SSSR count). The van der Waals surface area contributed by atoms with Crippen LogP contribution in [0.3, 0.4) is 0 Å². The third-order valence-electron chi connectivity index (χ3n) is 3.03. The van der Waals surface area contributed by atoms with Crippen molar-refractivity contribution in [3.63, 3.8) is 0 Å². The molecule has 0 fully saturated rings. The summed E-state index contributed by atoms with van der Waals surface area (Å²) in [4.78, 5) is 22.3. The summed E-state index contributed by atoms with van der Waals surface area (Å²) in [7, 11) is 0. The second kappa shape index (κ2) is 8.35. The third kappa shape index (κ3) is 4.68. The molecule has 20 heavy (non-hydrogen) atoms. The molecule has 1 aromatic heterocycles. The van der Waals surface area contributed by atoms with Gasteiger partial charge in [-0.3, -0.25) is 4.79 Å². The minimum Gasteiger partial charge on any atom is -0.361 e. The summed E-state index contributed by atoms with van der Waals surface area (Å²) in [5.41, 5.74) is 0.930. The molecule has 1 aromatic rings. The summed E-state index contributed by atoms with van der Waals surface area (Å²) in [5.74, 6) is 1.38. The Balaban J connectivity index is 2.64. The fourth-order valence-electron chi connectivity index (χ4n) is 1.79. The summed E-state index contributed by atoms with van der Waals surface area (Å²) >= 11 is 0. The number of aryl methyl sites for hydroxylation is 1. The first-order valence-corrected chi connectivity index (χ1v) is 7.21. The first-order chi connectivity index (χ1) is 9.62. The maximum atomic E-state index is 12.0. The zero-order valence-electron chi connectivity index (χ0n) is 12.9. The number of anilines is 2. The van der Waals surface area contributed by atoms with Crippen LogP contribution in [0.4, 0.5) is 11.8 Å². The van der Waals surface area contributed by atoms with Crippen LogP contribution in [-0.4, -0.2) is 47.0 Å². The standard InChI is InChI=1S/C14H25N5O/c1-5-8-15-14-17-9-11(4)13(18-14)16-10-12(20)19(6-2)7-3/h9H,5-8,10H2,1-4H3,(H2,15,16,17,18). The Labute approximate surface area is 121 Å². The van der Waals surface area contributed by atoms with Crippen molar-refractivity contribution in [1.29, 1.82) is 0 Å². The van der Waals surface area contributed by atoms with E-state index in [0.717, 1.165) is 31.6 Å². The molecule has 0 unspecified atom stereocenters. The smallest absolute Gasteiger partial charge is 0.241 e. The largest absolute Gasteiger partial charge is 0.361 e. The van der Waals surface area contributed by atoms with Crippen LogP contribution >= 0.6 is 0 Å². The molecular weight excluding hydrogens is 254 g/mol. The zero-order chi connectivity index (χ0) is 15.0. The number of carbonyl (C=O) groups excluding carboxylic acids is 1. The number of rotatable bonds is 8. The maximum absolute atomic E-state index is 12.0. The van der Waals surface area contributed by atoms with Crippen molar-refractivity contribution in [2.45, 2.75) is 34.1 Å². The van der Waals surface area contributed by atoms with Gasteiger partial charge in [0.2, 0.25) is 11.9 Å². The van der Waals surface area contributed by atoms with E-state index in [-0.39, 0.29) is 12.5 Å². The average molecular weight is 279 g/mol. The number of carbonyl (C=O) groups is 1.